The van der Waals surface area contributed by atoms with Crippen LogP contribution in [0.3, 0.4) is 0 Å². The number of nitrogens with two attached hydrogens (primary N) is 1. The predicted octanol–water partition coefficient (Wildman–Crippen LogP) is 3.40. The highest BCUT2D eigenvalue weighted by Gasteiger charge is 2.21. The zero-order valence-electron chi connectivity index (χ0n) is 10.9. The van der Waals surface area contributed by atoms with E-state index in [0.29, 0.717) is 15.1 Å². The molecule has 1 aromatic carbocycles. The molecule has 0 amide bonds. The maximum absolute atomic E-state index is 13.6. The summed E-state index contributed by atoms with van der Waals surface area (Å²) >= 11 is 9.48. The van der Waals surface area contributed by atoms with E-state index in [1.54, 1.807) is 16.9 Å². The Balaban J connectivity index is 2.49. The van der Waals surface area contributed by atoms with Gasteiger partial charge in [0.05, 0.1) is 23.0 Å². The highest BCUT2D eigenvalue weighted by atomic mass is 79.9. The number of halogens is 3. The molecule has 1 atom stereocenters. The van der Waals surface area contributed by atoms with Crippen molar-refractivity contribution in [2.24, 2.45) is 5.84 Å². The molecule has 0 aliphatic carbocycles. The first-order valence-corrected chi connectivity index (χ1v) is 7.37. The van der Waals surface area contributed by atoms with E-state index in [2.05, 4.69) is 26.5 Å². The third-order valence-electron chi connectivity index (χ3n) is 2.93. The van der Waals surface area contributed by atoms with Gasteiger partial charge in [-0.25, -0.2) is 9.82 Å². The van der Waals surface area contributed by atoms with Gasteiger partial charge in [-0.15, -0.1) is 0 Å². The third kappa shape index (κ3) is 3.20. The second-order valence-electron chi connectivity index (χ2n) is 4.40. The van der Waals surface area contributed by atoms with Crippen LogP contribution in [0.1, 0.15) is 30.6 Å². The van der Waals surface area contributed by atoms with Crippen molar-refractivity contribution in [3.8, 4) is 0 Å². The standard InChI is InChI=1S/C13H15BrClFN4/c1-2-3-20-13(11(15)7-18-20)12(19-17)8-4-9(14)6-10(16)5-8/h4-7,12,19H,2-3,17H2,1H3. The van der Waals surface area contributed by atoms with Gasteiger partial charge in [0.25, 0.3) is 0 Å². The lowest BCUT2D eigenvalue weighted by Gasteiger charge is -2.19. The molecule has 4 nitrogen and oxygen atoms in total. The van der Waals surface area contributed by atoms with Crippen LogP contribution in [0, 0.1) is 5.82 Å². The maximum Gasteiger partial charge on any atom is 0.124 e. The molecule has 2 rings (SSSR count). The van der Waals surface area contributed by atoms with Gasteiger partial charge in [0.1, 0.15) is 5.82 Å². The molecular formula is C13H15BrClFN4. The van der Waals surface area contributed by atoms with Crippen LogP contribution in [0.15, 0.2) is 28.9 Å². The quantitative estimate of drug-likeness (QED) is 0.634. The third-order valence-corrected chi connectivity index (χ3v) is 3.68. The van der Waals surface area contributed by atoms with Gasteiger partial charge in [0.15, 0.2) is 0 Å². The number of aryl methyl sites for hydroxylation is 1. The summed E-state index contributed by atoms with van der Waals surface area (Å²) in [6.45, 7) is 2.76. The molecule has 0 aliphatic rings. The molecule has 1 heterocycles. The van der Waals surface area contributed by atoms with Crippen molar-refractivity contribution in [2.75, 3.05) is 0 Å². The maximum atomic E-state index is 13.6. The Morgan fingerprint density at radius 1 is 1.50 bits per heavy atom. The second kappa shape index (κ2) is 6.67. The van der Waals surface area contributed by atoms with Crippen molar-refractivity contribution in [1.29, 1.82) is 0 Å². The lowest BCUT2D eigenvalue weighted by atomic mass is 10.0. The topological polar surface area (TPSA) is 55.9 Å². The molecule has 0 spiro atoms. The van der Waals surface area contributed by atoms with Crippen molar-refractivity contribution in [2.45, 2.75) is 25.9 Å². The summed E-state index contributed by atoms with van der Waals surface area (Å²) in [4.78, 5) is 0. The number of hydrogen-bond acceptors (Lipinski definition) is 3. The molecule has 3 N–H and O–H groups in total. The van der Waals surface area contributed by atoms with Gasteiger partial charge < -0.3 is 0 Å². The van der Waals surface area contributed by atoms with Crippen molar-refractivity contribution in [1.82, 2.24) is 15.2 Å². The van der Waals surface area contributed by atoms with Gasteiger partial charge >= 0.3 is 0 Å². The van der Waals surface area contributed by atoms with Gasteiger partial charge in [0.2, 0.25) is 0 Å². The zero-order valence-corrected chi connectivity index (χ0v) is 13.2. The molecule has 1 aromatic heterocycles. The number of nitrogens with zero attached hydrogens (tertiary/aromatic N) is 2. The number of rotatable bonds is 5. The fourth-order valence-electron chi connectivity index (χ4n) is 2.12. The van der Waals surface area contributed by atoms with E-state index >= 15 is 0 Å². The van der Waals surface area contributed by atoms with E-state index in [1.807, 2.05) is 6.92 Å². The molecule has 0 radical (unpaired) electrons. The molecule has 0 bridgehead atoms. The van der Waals surface area contributed by atoms with E-state index in [1.165, 1.54) is 12.1 Å². The predicted molar refractivity (Wildman–Crippen MR) is 80.8 cm³/mol. The van der Waals surface area contributed by atoms with Crippen molar-refractivity contribution in [3.63, 3.8) is 0 Å². The molecule has 108 valence electrons. The molecular weight excluding hydrogens is 347 g/mol. The Labute approximate surface area is 130 Å². The molecule has 0 aliphatic heterocycles. The first-order valence-electron chi connectivity index (χ1n) is 6.20. The molecule has 2 aromatic rings. The van der Waals surface area contributed by atoms with Crippen LogP contribution in [-0.2, 0) is 6.54 Å². The first-order chi connectivity index (χ1) is 9.56. The average molecular weight is 362 g/mol. The second-order valence-corrected chi connectivity index (χ2v) is 5.73. The Bertz CT molecular complexity index is 582. The van der Waals surface area contributed by atoms with Gasteiger partial charge in [-0.2, -0.15) is 5.10 Å². The summed E-state index contributed by atoms with van der Waals surface area (Å²) in [5, 5.41) is 4.73. The van der Waals surface area contributed by atoms with Crippen LogP contribution < -0.4 is 11.3 Å². The van der Waals surface area contributed by atoms with E-state index in [0.717, 1.165) is 18.7 Å². The fourth-order valence-corrected chi connectivity index (χ4v) is 2.86. The minimum atomic E-state index is -0.427. The van der Waals surface area contributed by atoms with Crippen LogP contribution >= 0.6 is 27.5 Å². The smallest absolute Gasteiger partial charge is 0.124 e. The van der Waals surface area contributed by atoms with Crippen LogP contribution in [-0.4, -0.2) is 9.78 Å². The van der Waals surface area contributed by atoms with Crippen LogP contribution in [0.4, 0.5) is 4.39 Å². The van der Waals surface area contributed by atoms with Gasteiger partial charge in [-0.1, -0.05) is 34.5 Å². The van der Waals surface area contributed by atoms with Crippen LogP contribution in [0.2, 0.25) is 5.02 Å². The van der Waals surface area contributed by atoms with Crippen LogP contribution in [0.5, 0.6) is 0 Å². The Kier molecular flexibility index (Phi) is 5.15. The van der Waals surface area contributed by atoms with Crippen molar-refractivity contribution < 1.29 is 4.39 Å². The monoisotopic (exact) mass is 360 g/mol. The first kappa shape index (κ1) is 15.4. The molecule has 7 heteroatoms. The van der Waals surface area contributed by atoms with Crippen molar-refractivity contribution in [3.05, 3.63) is 51.0 Å². The minimum absolute atomic E-state index is 0.340. The normalized spacial score (nSPS) is 12.7. The number of nitrogens with one attached hydrogen (secondary N) is 1. The summed E-state index contributed by atoms with van der Waals surface area (Å²) in [5.74, 6) is 5.30. The summed E-state index contributed by atoms with van der Waals surface area (Å²) < 4.78 is 16.0. The molecule has 0 saturated carbocycles. The van der Waals surface area contributed by atoms with E-state index in [4.69, 9.17) is 17.4 Å². The Hall–Kier alpha value is -0.950. The van der Waals surface area contributed by atoms with Crippen LogP contribution in [0.25, 0.3) is 0 Å². The number of hydrazine groups is 1. The Morgan fingerprint density at radius 2 is 2.25 bits per heavy atom. The molecule has 20 heavy (non-hydrogen) atoms. The number of aromatic nitrogens is 2. The molecule has 1 unspecified atom stereocenters. The Morgan fingerprint density at radius 3 is 2.85 bits per heavy atom. The lowest BCUT2D eigenvalue weighted by Crippen LogP contribution is -2.31. The molecule has 0 saturated heterocycles. The van der Waals surface area contributed by atoms with Gasteiger partial charge in [0, 0.05) is 11.0 Å². The fraction of sp³-hybridized carbons (Fsp3) is 0.308. The van der Waals surface area contributed by atoms with E-state index in [9.17, 15) is 4.39 Å². The SMILES string of the molecule is CCCn1ncc(Cl)c1C(NN)c1cc(F)cc(Br)c1. The van der Waals surface area contributed by atoms with Crippen molar-refractivity contribution >= 4 is 27.5 Å². The number of benzene rings is 1. The zero-order chi connectivity index (χ0) is 14.7. The van der Waals surface area contributed by atoms with E-state index in [-0.39, 0.29) is 5.82 Å². The lowest BCUT2D eigenvalue weighted by molar-refractivity contribution is 0.518. The highest BCUT2D eigenvalue weighted by Crippen LogP contribution is 2.30. The van der Waals surface area contributed by atoms with E-state index < -0.39 is 6.04 Å². The summed E-state index contributed by atoms with van der Waals surface area (Å²) in [6, 6.07) is 4.19. The number of hydrogen-bond donors (Lipinski definition) is 2. The summed E-state index contributed by atoms with van der Waals surface area (Å²) in [6.07, 6.45) is 2.49. The van der Waals surface area contributed by atoms with Gasteiger partial charge in [-0.3, -0.25) is 10.5 Å². The van der Waals surface area contributed by atoms with Gasteiger partial charge in [-0.05, 0) is 30.2 Å². The molecule has 0 fully saturated rings. The average Bonchev–Trinajstić information content (AvgIpc) is 2.72. The summed E-state index contributed by atoms with van der Waals surface area (Å²) in [5.41, 5.74) is 4.09. The minimum Gasteiger partial charge on any atom is -0.271 e. The summed E-state index contributed by atoms with van der Waals surface area (Å²) in [7, 11) is 0. The highest BCUT2D eigenvalue weighted by molar-refractivity contribution is 9.10. The largest absolute Gasteiger partial charge is 0.271 e.